The van der Waals surface area contributed by atoms with Crippen LogP contribution in [0, 0.1) is 0 Å². The van der Waals surface area contributed by atoms with Gasteiger partial charge in [0.15, 0.2) is 5.54 Å². The highest BCUT2D eigenvalue weighted by Crippen LogP contribution is 2.27. The van der Waals surface area contributed by atoms with E-state index in [-0.39, 0.29) is 5.97 Å². The number of methoxy groups -OCH3 is 1. The first-order valence-corrected chi connectivity index (χ1v) is 4.21. The number of carbonyl (C=O) groups is 1. The molecule has 0 aromatic rings. The van der Waals surface area contributed by atoms with E-state index in [2.05, 4.69) is 5.32 Å². The van der Waals surface area contributed by atoms with Crippen molar-refractivity contribution in [1.29, 1.82) is 0 Å². The van der Waals surface area contributed by atoms with Gasteiger partial charge in [0.05, 0.1) is 20.3 Å². The van der Waals surface area contributed by atoms with Gasteiger partial charge in [0, 0.05) is 6.04 Å². The van der Waals surface area contributed by atoms with Gasteiger partial charge in [0.1, 0.15) is 0 Å². The summed E-state index contributed by atoms with van der Waals surface area (Å²) < 4.78 is 9.73. The van der Waals surface area contributed by atoms with E-state index in [9.17, 15) is 4.79 Å². The third-order valence-electron chi connectivity index (χ3n) is 2.33. The smallest absolute Gasteiger partial charge is 0.330 e. The van der Waals surface area contributed by atoms with Crippen LogP contribution in [0.4, 0.5) is 0 Å². The Morgan fingerprint density at radius 3 is 2.58 bits per heavy atom. The molecular formula is C8H13NO3. The normalized spacial score (nSPS) is 26.1. The van der Waals surface area contributed by atoms with Crippen LogP contribution < -0.4 is 5.32 Å². The van der Waals surface area contributed by atoms with Crippen molar-refractivity contribution in [3.05, 3.63) is 0 Å². The zero-order valence-corrected chi connectivity index (χ0v) is 7.13. The summed E-state index contributed by atoms with van der Waals surface area (Å²) in [6.07, 6.45) is 2.33. The molecule has 1 heterocycles. The summed E-state index contributed by atoms with van der Waals surface area (Å²) in [5, 5.41) is 3.25. The van der Waals surface area contributed by atoms with Crippen molar-refractivity contribution in [2.24, 2.45) is 0 Å². The van der Waals surface area contributed by atoms with E-state index < -0.39 is 5.54 Å². The van der Waals surface area contributed by atoms with Crippen LogP contribution in [0.25, 0.3) is 0 Å². The van der Waals surface area contributed by atoms with Crippen molar-refractivity contribution in [2.75, 3.05) is 20.3 Å². The molecule has 2 rings (SSSR count). The van der Waals surface area contributed by atoms with Crippen molar-refractivity contribution in [3.8, 4) is 0 Å². The second kappa shape index (κ2) is 2.71. The zero-order chi connectivity index (χ0) is 8.60. The number of hydrogen-bond donors (Lipinski definition) is 1. The molecule has 2 fully saturated rings. The number of hydrogen-bond acceptors (Lipinski definition) is 4. The molecular weight excluding hydrogens is 158 g/mol. The molecule has 0 aromatic carbocycles. The van der Waals surface area contributed by atoms with Gasteiger partial charge >= 0.3 is 5.97 Å². The predicted octanol–water partition coefficient (Wildman–Crippen LogP) is -0.320. The van der Waals surface area contributed by atoms with Crippen LogP contribution in [-0.4, -0.2) is 37.9 Å². The standard InChI is InChI=1S/C8H13NO3/c1-11-7(10)8(4-12-5-8)9-6-2-3-6/h6,9H,2-5H2,1H3. The fourth-order valence-corrected chi connectivity index (χ4v) is 1.38. The summed E-state index contributed by atoms with van der Waals surface area (Å²) in [6.45, 7) is 0.909. The lowest BCUT2D eigenvalue weighted by atomic mass is 9.97. The van der Waals surface area contributed by atoms with Gasteiger partial charge < -0.3 is 9.47 Å². The zero-order valence-electron chi connectivity index (χ0n) is 7.13. The van der Waals surface area contributed by atoms with Crippen LogP contribution in [-0.2, 0) is 14.3 Å². The number of esters is 1. The first-order valence-electron chi connectivity index (χ1n) is 4.21. The molecule has 1 saturated carbocycles. The van der Waals surface area contributed by atoms with Gasteiger partial charge in [-0.15, -0.1) is 0 Å². The summed E-state index contributed by atoms with van der Waals surface area (Å²) >= 11 is 0. The minimum atomic E-state index is -0.518. The quantitative estimate of drug-likeness (QED) is 0.591. The molecule has 0 bridgehead atoms. The van der Waals surface area contributed by atoms with Gasteiger partial charge in [0.25, 0.3) is 0 Å². The van der Waals surface area contributed by atoms with Crippen molar-refractivity contribution in [3.63, 3.8) is 0 Å². The van der Waals surface area contributed by atoms with Gasteiger partial charge in [-0.1, -0.05) is 0 Å². The lowest BCUT2D eigenvalue weighted by Gasteiger charge is -2.39. The largest absolute Gasteiger partial charge is 0.468 e. The third kappa shape index (κ3) is 1.21. The predicted molar refractivity (Wildman–Crippen MR) is 41.7 cm³/mol. The molecule has 1 saturated heterocycles. The molecule has 0 atom stereocenters. The molecule has 4 nitrogen and oxygen atoms in total. The second-order valence-electron chi connectivity index (χ2n) is 3.49. The molecule has 1 aliphatic carbocycles. The van der Waals surface area contributed by atoms with Gasteiger partial charge in [-0.3, -0.25) is 5.32 Å². The van der Waals surface area contributed by atoms with Crippen molar-refractivity contribution < 1.29 is 14.3 Å². The lowest BCUT2D eigenvalue weighted by Crippen LogP contribution is -2.66. The Morgan fingerprint density at radius 1 is 1.58 bits per heavy atom. The Morgan fingerprint density at radius 2 is 2.25 bits per heavy atom. The molecule has 0 spiro atoms. The third-order valence-corrected chi connectivity index (χ3v) is 2.33. The Labute approximate surface area is 71.2 Å². The fourth-order valence-electron chi connectivity index (χ4n) is 1.38. The molecule has 4 heteroatoms. The summed E-state index contributed by atoms with van der Waals surface area (Å²) in [7, 11) is 1.41. The molecule has 68 valence electrons. The molecule has 1 N–H and O–H groups in total. The van der Waals surface area contributed by atoms with Gasteiger partial charge in [-0.2, -0.15) is 0 Å². The average molecular weight is 171 g/mol. The molecule has 0 amide bonds. The van der Waals surface area contributed by atoms with E-state index in [1.54, 1.807) is 0 Å². The SMILES string of the molecule is COC(=O)C1(NC2CC2)COC1. The molecule has 0 radical (unpaired) electrons. The maximum atomic E-state index is 11.3. The van der Waals surface area contributed by atoms with Gasteiger partial charge in [-0.05, 0) is 12.8 Å². The van der Waals surface area contributed by atoms with Crippen LogP contribution in [0.5, 0.6) is 0 Å². The number of ether oxygens (including phenoxy) is 2. The van der Waals surface area contributed by atoms with Gasteiger partial charge in [0.2, 0.25) is 0 Å². The summed E-state index contributed by atoms with van der Waals surface area (Å²) in [6, 6.07) is 0.507. The minimum Gasteiger partial charge on any atom is -0.468 e. The van der Waals surface area contributed by atoms with E-state index >= 15 is 0 Å². The Balaban J connectivity index is 1.96. The maximum Gasteiger partial charge on any atom is 0.330 e. The van der Waals surface area contributed by atoms with Crippen molar-refractivity contribution in [2.45, 2.75) is 24.4 Å². The average Bonchev–Trinajstić information content (AvgIpc) is 2.78. The van der Waals surface area contributed by atoms with Crippen LogP contribution in [0.2, 0.25) is 0 Å². The molecule has 1 aliphatic heterocycles. The molecule has 2 aliphatic rings. The molecule has 12 heavy (non-hydrogen) atoms. The first kappa shape index (κ1) is 8.01. The fraction of sp³-hybridized carbons (Fsp3) is 0.875. The molecule has 0 aromatic heterocycles. The van der Waals surface area contributed by atoms with Crippen LogP contribution in [0.3, 0.4) is 0 Å². The van der Waals surface area contributed by atoms with Crippen LogP contribution in [0.15, 0.2) is 0 Å². The van der Waals surface area contributed by atoms with Crippen molar-refractivity contribution in [1.82, 2.24) is 5.32 Å². The summed E-state index contributed by atoms with van der Waals surface area (Å²) in [4.78, 5) is 11.3. The topological polar surface area (TPSA) is 47.6 Å². The van der Waals surface area contributed by atoms with Gasteiger partial charge in [-0.25, -0.2) is 4.79 Å². The highest BCUT2D eigenvalue weighted by molar-refractivity contribution is 5.82. The minimum absolute atomic E-state index is 0.194. The second-order valence-corrected chi connectivity index (χ2v) is 3.49. The van der Waals surface area contributed by atoms with Crippen LogP contribution in [0.1, 0.15) is 12.8 Å². The van der Waals surface area contributed by atoms with Crippen molar-refractivity contribution >= 4 is 5.97 Å². The highest BCUT2D eigenvalue weighted by atomic mass is 16.5. The Bertz CT molecular complexity index is 196. The summed E-state index contributed by atoms with van der Waals surface area (Å²) in [5.41, 5.74) is -0.518. The highest BCUT2D eigenvalue weighted by Gasteiger charge is 2.49. The monoisotopic (exact) mass is 171 g/mol. The van der Waals surface area contributed by atoms with E-state index in [1.165, 1.54) is 20.0 Å². The molecule has 0 unspecified atom stereocenters. The van der Waals surface area contributed by atoms with E-state index in [4.69, 9.17) is 9.47 Å². The lowest BCUT2D eigenvalue weighted by molar-refractivity contribution is -0.169. The summed E-state index contributed by atoms with van der Waals surface area (Å²) in [5.74, 6) is -0.194. The maximum absolute atomic E-state index is 11.3. The number of rotatable bonds is 3. The Kier molecular flexibility index (Phi) is 1.81. The number of carbonyl (C=O) groups excluding carboxylic acids is 1. The first-order chi connectivity index (χ1) is 5.77. The van der Waals surface area contributed by atoms with E-state index in [0.29, 0.717) is 19.3 Å². The van der Waals surface area contributed by atoms with E-state index in [1.807, 2.05) is 0 Å². The number of nitrogens with one attached hydrogen (secondary N) is 1. The van der Waals surface area contributed by atoms with Crippen LogP contribution >= 0.6 is 0 Å². The Hall–Kier alpha value is -0.610. The van der Waals surface area contributed by atoms with E-state index in [0.717, 1.165) is 0 Å².